The first kappa shape index (κ1) is 15.4. The van der Waals surface area contributed by atoms with E-state index in [4.69, 9.17) is 0 Å². The molecule has 3 heteroatoms. The quantitative estimate of drug-likeness (QED) is 0.824. The van der Waals surface area contributed by atoms with E-state index in [1.807, 2.05) is 0 Å². The van der Waals surface area contributed by atoms with Crippen molar-refractivity contribution >= 4 is 21.6 Å². The lowest BCUT2D eigenvalue weighted by Crippen LogP contribution is -2.26. The molecule has 1 aliphatic carbocycles. The molecule has 3 atom stereocenters. The highest BCUT2D eigenvalue weighted by Crippen LogP contribution is 2.41. The van der Waals surface area contributed by atoms with E-state index in [2.05, 4.69) is 58.2 Å². The highest BCUT2D eigenvalue weighted by Gasteiger charge is 2.36. The van der Waals surface area contributed by atoms with Crippen LogP contribution in [-0.2, 0) is 0 Å². The number of fused-ring (bicyclic) bond motifs is 1. The molecule has 3 unspecified atom stereocenters. The van der Waals surface area contributed by atoms with Crippen LogP contribution in [0.1, 0.15) is 51.1 Å². The van der Waals surface area contributed by atoms with Crippen LogP contribution < -0.4 is 10.2 Å². The normalized spacial score (nSPS) is 26.1. The average Bonchev–Trinajstić information content (AvgIpc) is 3.05. The van der Waals surface area contributed by atoms with Crippen LogP contribution in [0.5, 0.6) is 0 Å². The molecule has 3 rings (SSSR count). The Morgan fingerprint density at radius 3 is 2.67 bits per heavy atom. The minimum atomic E-state index is 0.425. The van der Waals surface area contributed by atoms with Crippen molar-refractivity contribution < 1.29 is 0 Å². The molecular weight excluding hydrogens is 324 g/mol. The number of anilines is 1. The third-order valence-corrected chi connectivity index (χ3v) is 5.72. The van der Waals surface area contributed by atoms with Crippen LogP contribution in [0.2, 0.25) is 0 Å². The second-order valence-electron chi connectivity index (χ2n) is 6.73. The molecular formula is C18H27BrN2. The standard InChI is InChI=1S/C18H27BrN2/c1-3-9-20-13(2)17-8-7-16(19)10-18(17)21-11-14-5-4-6-15(14)12-21/h7-8,10,13-15,20H,3-6,9,11-12H2,1-2H3. The van der Waals surface area contributed by atoms with Gasteiger partial charge in [-0.25, -0.2) is 0 Å². The first-order valence-corrected chi connectivity index (χ1v) is 9.26. The zero-order valence-corrected chi connectivity index (χ0v) is 14.8. The van der Waals surface area contributed by atoms with Crippen molar-refractivity contribution in [3.8, 4) is 0 Å². The summed E-state index contributed by atoms with van der Waals surface area (Å²) in [6.07, 6.45) is 5.51. The van der Waals surface area contributed by atoms with Gasteiger partial charge in [-0.2, -0.15) is 0 Å². The van der Waals surface area contributed by atoms with E-state index in [9.17, 15) is 0 Å². The van der Waals surface area contributed by atoms with E-state index in [0.29, 0.717) is 6.04 Å². The van der Waals surface area contributed by atoms with Gasteiger partial charge in [0.1, 0.15) is 0 Å². The Bertz CT molecular complexity index is 476. The Morgan fingerprint density at radius 2 is 2.00 bits per heavy atom. The van der Waals surface area contributed by atoms with Crippen LogP contribution in [-0.4, -0.2) is 19.6 Å². The largest absolute Gasteiger partial charge is 0.371 e. The van der Waals surface area contributed by atoms with Gasteiger partial charge in [0.05, 0.1) is 0 Å². The van der Waals surface area contributed by atoms with Crippen molar-refractivity contribution in [1.29, 1.82) is 0 Å². The van der Waals surface area contributed by atoms with Gasteiger partial charge in [0.2, 0.25) is 0 Å². The predicted octanol–water partition coefficient (Wildman–Crippen LogP) is 4.75. The Labute approximate surface area is 137 Å². The Morgan fingerprint density at radius 1 is 1.29 bits per heavy atom. The molecule has 1 saturated carbocycles. The van der Waals surface area contributed by atoms with Gasteiger partial charge in [-0.05, 0) is 62.3 Å². The van der Waals surface area contributed by atoms with E-state index >= 15 is 0 Å². The zero-order chi connectivity index (χ0) is 14.8. The third-order valence-electron chi connectivity index (χ3n) is 5.23. The molecule has 21 heavy (non-hydrogen) atoms. The van der Waals surface area contributed by atoms with E-state index < -0.39 is 0 Å². The summed E-state index contributed by atoms with van der Waals surface area (Å²) < 4.78 is 1.20. The average molecular weight is 351 g/mol. The second kappa shape index (κ2) is 6.70. The summed E-state index contributed by atoms with van der Waals surface area (Å²) in [6.45, 7) is 8.12. The van der Waals surface area contributed by atoms with Gasteiger partial charge in [0, 0.05) is 29.3 Å². The van der Waals surface area contributed by atoms with Crippen molar-refractivity contribution in [1.82, 2.24) is 5.32 Å². The summed E-state index contributed by atoms with van der Waals surface area (Å²) in [4.78, 5) is 2.64. The summed E-state index contributed by atoms with van der Waals surface area (Å²) in [5.41, 5.74) is 2.89. The summed E-state index contributed by atoms with van der Waals surface area (Å²) >= 11 is 3.66. The molecule has 116 valence electrons. The minimum absolute atomic E-state index is 0.425. The fourth-order valence-corrected chi connectivity index (χ4v) is 4.41. The van der Waals surface area contributed by atoms with Crippen LogP contribution in [0.3, 0.4) is 0 Å². The molecule has 0 bridgehead atoms. The summed E-state index contributed by atoms with van der Waals surface area (Å²) in [7, 11) is 0. The Hall–Kier alpha value is -0.540. The van der Waals surface area contributed by atoms with Crippen molar-refractivity contribution in [2.75, 3.05) is 24.5 Å². The first-order chi connectivity index (χ1) is 10.2. The van der Waals surface area contributed by atoms with Gasteiger partial charge >= 0.3 is 0 Å². The zero-order valence-electron chi connectivity index (χ0n) is 13.2. The summed E-state index contributed by atoms with van der Waals surface area (Å²) in [6, 6.07) is 7.22. The summed E-state index contributed by atoms with van der Waals surface area (Å²) in [5, 5.41) is 3.64. The van der Waals surface area contributed by atoms with Gasteiger partial charge in [-0.3, -0.25) is 0 Å². The first-order valence-electron chi connectivity index (χ1n) is 8.46. The number of rotatable bonds is 5. The van der Waals surface area contributed by atoms with Crippen molar-refractivity contribution in [2.45, 2.75) is 45.6 Å². The van der Waals surface area contributed by atoms with Crippen molar-refractivity contribution in [3.63, 3.8) is 0 Å². The molecule has 0 amide bonds. The second-order valence-corrected chi connectivity index (χ2v) is 7.65. The maximum atomic E-state index is 3.66. The van der Waals surface area contributed by atoms with Gasteiger partial charge in [-0.15, -0.1) is 0 Å². The van der Waals surface area contributed by atoms with Crippen LogP contribution in [0, 0.1) is 11.8 Å². The topological polar surface area (TPSA) is 15.3 Å². The number of benzene rings is 1. The molecule has 0 spiro atoms. The molecule has 1 aromatic carbocycles. The van der Waals surface area contributed by atoms with Gasteiger partial charge in [0.15, 0.2) is 0 Å². The van der Waals surface area contributed by atoms with Crippen LogP contribution in [0.4, 0.5) is 5.69 Å². The van der Waals surface area contributed by atoms with Gasteiger partial charge in [0.25, 0.3) is 0 Å². The number of nitrogens with one attached hydrogen (secondary N) is 1. The maximum absolute atomic E-state index is 3.66. The van der Waals surface area contributed by atoms with E-state index in [-0.39, 0.29) is 0 Å². The van der Waals surface area contributed by atoms with E-state index in [1.165, 1.54) is 54.5 Å². The van der Waals surface area contributed by atoms with Gasteiger partial charge < -0.3 is 10.2 Å². The Kier molecular flexibility index (Phi) is 4.90. The highest BCUT2D eigenvalue weighted by molar-refractivity contribution is 9.10. The lowest BCUT2D eigenvalue weighted by molar-refractivity contribution is 0.494. The lowest BCUT2D eigenvalue weighted by Gasteiger charge is -2.26. The Balaban J connectivity index is 1.81. The smallest absolute Gasteiger partial charge is 0.0426 e. The molecule has 1 aliphatic heterocycles. The molecule has 1 N–H and O–H groups in total. The molecule has 0 radical (unpaired) electrons. The third kappa shape index (κ3) is 3.29. The molecule has 2 fully saturated rings. The van der Waals surface area contributed by atoms with Crippen molar-refractivity contribution in [3.05, 3.63) is 28.2 Å². The SMILES string of the molecule is CCCNC(C)c1ccc(Br)cc1N1CC2CCCC2C1. The molecule has 0 aromatic heterocycles. The molecule has 2 nitrogen and oxygen atoms in total. The van der Waals surface area contributed by atoms with E-state index in [1.54, 1.807) is 0 Å². The number of halogens is 1. The number of nitrogens with zero attached hydrogens (tertiary/aromatic N) is 1. The highest BCUT2D eigenvalue weighted by atomic mass is 79.9. The van der Waals surface area contributed by atoms with Gasteiger partial charge in [-0.1, -0.05) is 35.3 Å². The fraction of sp³-hybridized carbons (Fsp3) is 0.667. The molecule has 1 heterocycles. The molecule has 1 aromatic rings. The maximum Gasteiger partial charge on any atom is 0.0426 e. The van der Waals surface area contributed by atoms with Crippen LogP contribution in [0.25, 0.3) is 0 Å². The monoisotopic (exact) mass is 350 g/mol. The van der Waals surface area contributed by atoms with E-state index in [0.717, 1.165) is 18.4 Å². The minimum Gasteiger partial charge on any atom is -0.371 e. The van der Waals surface area contributed by atoms with Crippen molar-refractivity contribution in [2.24, 2.45) is 11.8 Å². The molecule has 1 saturated heterocycles. The summed E-state index contributed by atoms with van der Waals surface area (Å²) in [5.74, 6) is 1.88. The number of hydrogen-bond donors (Lipinski definition) is 1. The predicted molar refractivity (Wildman–Crippen MR) is 93.9 cm³/mol. The molecule has 2 aliphatic rings. The lowest BCUT2D eigenvalue weighted by atomic mass is 10.0. The number of hydrogen-bond acceptors (Lipinski definition) is 2. The van der Waals surface area contributed by atoms with Crippen LogP contribution in [0.15, 0.2) is 22.7 Å². The van der Waals surface area contributed by atoms with Crippen LogP contribution >= 0.6 is 15.9 Å². The fourth-order valence-electron chi connectivity index (χ4n) is 4.06.